The minimum absolute atomic E-state index is 0.616. The van der Waals surface area contributed by atoms with Gasteiger partial charge in [-0.15, -0.1) is 11.3 Å². The van der Waals surface area contributed by atoms with E-state index in [1.165, 1.54) is 109 Å². The molecule has 0 saturated heterocycles. The first-order valence-electron chi connectivity index (χ1n) is 20.3. The zero-order valence-corrected chi connectivity index (χ0v) is 32.9. The first kappa shape index (κ1) is 32.8. The van der Waals surface area contributed by atoms with Crippen molar-refractivity contribution >= 4 is 75.0 Å². The van der Waals surface area contributed by atoms with Crippen LogP contribution >= 0.6 is 11.3 Å². The highest BCUT2D eigenvalue weighted by Crippen LogP contribution is 2.44. The second-order valence-corrected chi connectivity index (χ2v) is 17.4. The molecule has 3 heteroatoms. The lowest BCUT2D eigenvalue weighted by Crippen LogP contribution is -2.21. The summed E-state index contributed by atoms with van der Waals surface area (Å²) in [5.74, 6) is 1.25. The zero-order chi connectivity index (χ0) is 37.8. The number of hydrogen-bond acceptors (Lipinski definition) is 1. The summed E-state index contributed by atoms with van der Waals surface area (Å²) < 4.78 is 7.81. The van der Waals surface area contributed by atoms with Crippen molar-refractivity contribution in [2.24, 2.45) is 11.8 Å². The molecule has 1 aliphatic rings. The first-order chi connectivity index (χ1) is 28.1. The van der Waals surface area contributed by atoms with Crippen molar-refractivity contribution in [3.8, 4) is 33.6 Å². The normalized spacial score (nSPS) is 15.8. The topological polar surface area (TPSA) is 9.86 Å². The third-order valence-corrected chi connectivity index (χ3v) is 14.2. The fraction of sp³-hybridized carbons (Fsp3) is 0.111. The molecule has 0 radical (unpaired) electrons. The summed E-state index contributed by atoms with van der Waals surface area (Å²) in [4.78, 5) is 0. The van der Waals surface area contributed by atoms with Crippen LogP contribution in [0.1, 0.15) is 25.1 Å². The number of hydrogen-bond donors (Lipinski definition) is 0. The number of thiophene rings is 1. The Morgan fingerprint density at radius 3 is 1.84 bits per heavy atom. The molecule has 0 saturated carbocycles. The van der Waals surface area contributed by atoms with Crippen LogP contribution in [0.3, 0.4) is 0 Å². The molecule has 8 aromatic carbocycles. The van der Waals surface area contributed by atoms with E-state index in [9.17, 15) is 0 Å². The number of aromatic nitrogens is 2. The van der Waals surface area contributed by atoms with Gasteiger partial charge in [-0.2, -0.15) is 0 Å². The number of nitrogens with zero attached hydrogens (tertiary/aromatic N) is 2. The van der Waals surface area contributed by atoms with Crippen molar-refractivity contribution < 1.29 is 0 Å². The predicted molar refractivity (Wildman–Crippen MR) is 245 cm³/mol. The first-order valence-corrected chi connectivity index (χ1v) is 21.1. The van der Waals surface area contributed by atoms with Gasteiger partial charge in [-0.1, -0.05) is 129 Å². The molecule has 0 amide bonds. The summed E-state index contributed by atoms with van der Waals surface area (Å²) in [5, 5.41) is 9.22. The highest BCUT2D eigenvalue weighted by atomic mass is 32.1. The van der Waals surface area contributed by atoms with Crippen molar-refractivity contribution in [2.75, 3.05) is 0 Å². The van der Waals surface area contributed by atoms with E-state index in [0.717, 1.165) is 12.8 Å². The average Bonchev–Trinajstić information content (AvgIpc) is 3.90. The van der Waals surface area contributed by atoms with Gasteiger partial charge in [0.05, 0.1) is 16.6 Å². The van der Waals surface area contributed by atoms with Crippen LogP contribution in [0.5, 0.6) is 0 Å². The molecule has 3 aromatic heterocycles. The molecule has 11 aromatic rings. The molecule has 2 atom stereocenters. The second-order valence-electron chi connectivity index (χ2n) is 16.3. The SMILES string of the molecule is CC1Cc2c(n(-c3ccc(-c4ccc5sc6ccccc6c5c4)cc3)c3cc4c(cc23)c2ccc3ccccc3c2n4-c2ccc(-c3ccccc3)cc2)CC1C. The fourth-order valence-corrected chi connectivity index (χ4v) is 10.9. The Labute approximate surface area is 335 Å². The van der Waals surface area contributed by atoms with Gasteiger partial charge in [0.1, 0.15) is 0 Å². The van der Waals surface area contributed by atoms with E-state index in [-0.39, 0.29) is 0 Å². The van der Waals surface area contributed by atoms with E-state index in [1.807, 2.05) is 11.3 Å². The summed E-state index contributed by atoms with van der Waals surface area (Å²) in [6.07, 6.45) is 2.17. The molecule has 272 valence electrons. The van der Waals surface area contributed by atoms with Gasteiger partial charge in [-0.3, -0.25) is 0 Å². The molecule has 0 fully saturated rings. The maximum absolute atomic E-state index is 2.60. The van der Waals surface area contributed by atoms with E-state index in [1.54, 1.807) is 0 Å². The van der Waals surface area contributed by atoms with Crippen molar-refractivity contribution in [1.29, 1.82) is 0 Å². The quantitative estimate of drug-likeness (QED) is 0.170. The van der Waals surface area contributed by atoms with Crippen molar-refractivity contribution in [1.82, 2.24) is 9.13 Å². The molecular formula is C54H40N2S. The minimum atomic E-state index is 0.616. The molecule has 57 heavy (non-hydrogen) atoms. The average molecular weight is 749 g/mol. The Morgan fingerprint density at radius 2 is 1.04 bits per heavy atom. The smallest absolute Gasteiger partial charge is 0.0619 e. The Balaban J connectivity index is 1.08. The fourth-order valence-electron chi connectivity index (χ4n) is 9.85. The van der Waals surface area contributed by atoms with E-state index in [0.29, 0.717) is 11.8 Å². The third kappa shape index (κ3) is 5.02. The summed E-state index contributed by atoms with van der Waals surface area (Å²) in [6, 6.07) is 63.5. The molecule has 0 aliphatic heterocycles. The van der Waals surface area contributed by atoms with Gasteiger partial charge in [0.15, 0.2) is 0 Å². The van der Waals surface area contributed by atoms with Gasteiger partial charge in [-0.25, -0.2) is 0 Å². The number of rotatable bonds is 4. The van der Waals surface area contributed by atoms with Crippen LogP contribution in [0.15, 0.2) is 170 Å². The molecule has 3 heterocycles. The summed E-state index contributed by atoms with van der Waals surface area (Å²) in [7, 11) is 0. The van der Waals surface area contributed by atoms with Crippen LogP contribution in [-0.4, -0.2) is 9.13 Å². The van der Waals surface area contributed by atoms with Crippen LogP contribution in [-0.2, 0) is 12.8 Å². The lowest BCUT2D eigenvalue weighted by molar-refractivity contribution is 0.357. The molecule has 2 nitrogen and oxygen atoms in total. The Kier molecular flexibility index (Phi) is 7.22. The highest BCUT2D eigenvalue weighted by Gasteiger charge is 2.30. The molecule has 1 aliphatic carbocycles. The molecular weight excluding hydrogens is 709 g/mol. The maximum atomic E-state index is 2.60. The number of benzene rings is 8. The Hall–Kier alpha value is -6.42. The lowest BCUT2D eigenvalue weighted by atomic mass is 9.80. The Morgan fingerprint density at radius 1 is 0.421 bits per heavy atom. The van der Waals surface area contributed by atoms with Crippen molar-refractivity contribution in [3.63, 3.8) is 0 Å². The number of fused-ring (bicyclic) bond motifs is 11. The van der Waals surface area contributed by atoms with E-state index in [2.05, 4.69) is 193 Å². The molecule has 0 N–H and O–H groups in total. The Bertz CT molecular complexity index is 3360. The molecule has 2 unspecified atom stereocenters. The van der Waals surface area contributed by atoms with Crippen LogP contribution in [0.2, 0.25) is 0 Å². The van der Waals surface area contributed by atoms with Gasteiger partial charge in [0, 0.05) is 58.8 Å². The lowest BCUT2D eigenvalue weighted by Gasteiger charge is -2.27. The van der Waals surface area contributed by atoms with Crippen LogP contribution in [0.25, 0.3) is 97.3 Å². The highest BCUT2D eigenvalue weighted by molar-refractivity contribution is 7.25. The predicted octanol–water partition coefficient (Wildman–Crippen LogP) is 15.0. The van der Waals surface area contributed by atoms with Gasteiger partial charge in [0.2, 0.25) is 0 Å². The van der Waals surface area contributed by atoms with Gasteiger partial charge >= 0.3 is 0 Å². The van der Waals surface area contributed by atoms with Crippen LogP contribution in [0.4, 0.5) is 0 Å². The minimum Gasteiger partial charge on any atom is -0.313 e. The summed E-state index contributed by atoms with van der Waals surface area (Å²) >= 11 is 1.88. The van der Waals surface area contributed by atoms with Gasteiger partial charge < -0.3 is 9.13 Å². The standard InChI is InChI=1S/C54H40N2S/c1-33-28-45-47-31-46-44-26-20-38-12-6-7-13-42(38)54(44)56(41-24-16-36(17-25-41)35-10-4-3-5-11-35)51(46)32-50(47)55(49(45)29-34(33)2)40-22-18-37(19-23-40)39-21-27-53-48(30-39)43-14-8-9-15-52(43)57-53/h3-27,30-34H,28-29H2,1-2H3. The van der Waals surface area contributed by atoms with Crippen molar-refractivity contribution in [2.45, 2.75) is 26.7 Å². The molecule has 0 spiro atoms. The molecule has 0 bridgehead atoms. The van der Waals surface area contributed by atoms with Gasteiger partial charge in [0.25, 0.3) is 0 Å². The molecule has 12 rings (SSSR count). The monoisotopic (exact) mass is 748 g/mol. The third-order valence-electron chi connectivity index (χ3n) is 13.0. The van der Waals surface area contributed by atoms with E-state index >= 15 is 0 Å². The van der Waals surface area contributed by atoms with E-state index < -0.39 is 0 Å². The maximum Gasteiger partial charge on any atom is 0.0619 e. The van der Waals surface area contributed by atoms with Gasteiger partial charge in [-0.05, 0) is 112 Å². The second kappa shape index (κ2) is 12.5. The van der Waals surface area contributed by atoms with Crippen LogP contribution < -0.4 is 0 Å². The van der Waals surface area contributed by atoms with Crippen LogP contribution in [0, 0.1) is 11.8 Å². The summed E-state index contributed by atoms with van der Waals surface area (Å²) in [6.45, 7) is 4.87. The van der Waals surface area contributed by atoms with Crippen molar-refractivity contribution in [3.05, 3.63) is 181 Å². The van der Waals surface area contributed by atoms with E-state index in [4.69, 9.17) is 0 Å². The largest absolute Gasteiger partial charge is 0.313 e. The zero-order valence-electron chi connectivity index (χ0n) is 32.0. The summed E-state index contributed by atoms with van der Waals surface area (Å²) in [5.41, 5.74) is 14.2.